The molecule has 0 aliphatic carbocycles. The van der Waals surface area contributed by atoms with Crippen LogP contribution in [-0.4, -0.2) is 17.4 Å². The van der Waals surface area contributed by atoms with Crippen LogP contribution in [0.4, 0.5) is 10.8 Å². The molecule has 0 radical (unpaired) electrons. The van der Waals surface area contributed by atoms with Gasteiger partial charge >= 0.3 is 0 Å². The number of halogens is 2. The molecule has 1 heterocycles. The Kier molecular flexibility index (Phi) is 5.58. The lowest BCUT2D eigenvalue weighted by atomic mass is 10.1. The molecule has 2 N–H and O–H groups in total. The second-order valence-corrected chi connectivity index (χ2v) is 6.90. The summed E-state index contributed by atoms with van der Waals surface area (Å²) in [4.78, 5) is 16.8. The van der Waals surface area contributed by atoms with Crippen LogP contribution in [0, 0.1) is 0 Å². The van der Waals surface area contributed by atoms with Crippen LogP contribution in [0.2, 0.25) is 10.0 Å². The number of nitrogens with one attached hydrogen (secondary N) is 2. The molecule has 0 bridgehead atoms. The van der Waals surface area contributed by atoms with E-state index in [1.807, 2.05) is 36.6 Å². The molecule has 3 aromatic rings. The number of aromatic nitrogens is 1. The van der Waals surface area contributed by atoms with Crippen molar-refractivity contribution in [1.82, 2.24) is 4.98 Å². The molecule has 0 fully saturated rings. The molecule has 0 saturated carbocycles. The van der Waals surface area contributed by atoms with Crippen LogP contribution in [0.1, 0.15) is 17.3 Å². The first-order valence-electron chi connectivity index (χ1n) is 7.63. The van der Waals surface area contributed by atoms with Crippen LogP contribution in [0.25, 0.3) is 11.3 Å². The fourth-order valence-corrected chi connectivity index (χ4v) is 3.29. The highest BCUT2D eigenvalue weighted by Crippen LogP contribution is 2.26. The Morgan fingerprint density at radius 1 is 1.12 bits per heavy atom. The number of carbonyl (C=O) groups excluding carboxylic acids is 1. The van der Waals surface area contributed by atoms with Crippen molar-refractivity contribution in [3.05, 3.63) is 63.5 Å². The first kappa shape index (κ1) is 17.7. The number of nitrogens with zero attached hydrogens (tertiary/aromatic N) is 1. The second kappa shape index (κ2) is 7.87. The average Bonchev–Trinajstić information content (AvgIpc) is 3.07. The van der Waals surface area contributed by atoms with Gasteiger partial charge in [-0.25, -0.2) is 4.98 Å². The average molecular weight is 392 g/mol. The van der Waals surface area contributed by atoms with Crippen LogP contribution >= 0.6 is 34.5 Å². The zero-order valence-corrected chi connectivity index (χ0v) is 15.7. The molecular formula is C18H15Cl2N3OS. The van der Waals surface area contributed by atoms with E-state index in [-0.39, 0.29) is 5.91 Å². The Bertz CT molecular complexity index is 894. The summed E-state index contributed by atoms with van der Waals surface area (Å²) in [6, 6.07) is 12.3. The number of hydrogen-bond acceptors (Lipinski definition) is 4. The van der Waals surface area contributed by atoms with Crippen LogP contribution < -0.4 is 10.6 Å². The molecule has 0 aliphatic heterocycles. The van der Waals surface area contributed by atoms with E-state index < -0.39 is 0 Å². The van der Waals surface area contributed by atoms with Crippen LogP contribution in [0.15, 0.2) is 47.8 Å². The fourth-order valence-electron chi connectivity index (χ4n) is 2.20. The standard InChI is InChI=1S/C18H15Cl2N3OS/c1-2-21-18-23-16(10-25-18)11-3-6-13(7-4-11)22-17(24)12-5-8-14(19)15(20)9-12/h3-10H,2H2,1H3,(H,21,23)(H,22,24). The maximum absolute atomic E-state index is 12.3. The Balaban J connectivity index is 1.71. The fraction of sp³-hybridized carbons (Fsp3) is 0.111. The van der Waals surface area contributed by atoms with Gasteiger partial charge in [-0.05, 0) is 37.3 Å². The molecule has 25 heavy (non-hydrogen) atoms. The molecule has 0 unspecified atom stereocenters. The quantitative estimate of drug-likeness (QED) is 0.577. The first-order chi connectivity index (χ1) is 12.1. The van der Waals surface area contributed by atoms with E-state index >= 15 is 0 Å². The summed E-state index contributed by atoms with van der Waals surface area (Å²) in [7, 11) is 0. The van der Waals surface area contributed by atoms with Gasteiger partial charge in [0, 0.05) is 28.7 Å². The summed E-state index contributed by atoms with van der Waals surface area (Å²) in [6.07, 6.45) is 0. The van der Waals surface area contributed by atoms with Gasteiger partial charge < -0.3 is 10.6 Å². The third kappa shape index (κ3) is 4.31. The summed E-state index contributed by atoms with van der Waals surface area (Å²) < 4.78 is 0. The van der Waals surface area contributed by atoms with Crippen LogP contribution in [-0.2, 0) is 0 Å². The van der Waals surface area contributed by atoms with Crippen molar-refractivity contribution in [2.24, 2.45) is 0 Å². The van der Waals surface area contributed by atoms with E-state index in [1.54, 1.807) is 29.5 Å². The minimum Gasteiger partial charge on any atom is -0.362 e. The molecule has 0 atom stereocenters. The Morgan fingerprint density at radius 3 is 2.56 bits per heavy atom. The highest BCUT2D eigenvalue weighted by Gasteiger charge is 2.09. The molecule has 4 nitrogen and oxygen atoms in total. The number of rotatable bonds is 5. The minimum absolute atomic E-state index is 0.241. The van der Waals surface area contributed by atoms with Crippen molar-refractivity contribution < 1.29 is 4.79 Å². The van der Waals surface area contributed by atoms with E-state index in [0.717, 1.165) is 22.9 Å². The molecule has 0 aliphatic rings. The monoisotopic (exact) mass is 391 g/mol. The number of hydrogen-bond donors (Lipinski definition) is 2. The topological polar surface area (TPSA) is 54.0 Å². The molecule has 3 rings (SSSR count). The lowest BCUT2D eigenvalue weighted by molar-refractivity contribution is 0.102. The smallest absolute Gasteiger partial charge is 0.255 e. The third-order valence-electron chi connectivity index (χ3n) is 3.45. The second-order valence-electron chi connectivity index (χ2n) is 5.23. The van der Waals surface area contributed by atoms with Gasteiger partial charge in [0.2, 0.25) is 0 Å². The normalized spacial score (nSPS) is 10.5. The van der Waals surface area contributed by atoms with Gasteiger partial charge in [0.05, 0.1) is 15.7 Å². The molecule has 0 saturated heterocycles. The summed E-state index contributed by atoms with van der Waals surface area (Å²) in [6.45, 7) is 2.87. The van der Waals surface area contributed by atoms with Gasteiger partial charge in [-0.3, -0.25) is 4.79 Å². The molecule has 1 aromatic heterocycles. The molecular weight excluding hydrogens is 377 g/mol. The largest absolute Gasteiger partial charge is 0.362 e. The predicted molar refractivity (Wildman–Crippen MR) is 106 cm³/mol. The van der Waals surface area contributed by atoms with E-state index in [9.17, 15) is 4.79 Å². The Labute approximate surface area is 159 Å². The van der Waals surface area contributed by atoms with E-state index in [0.29, 0.717) is 21.3 Å². The van der Waals surface area contributed by atoms with Gasteiger partial charge in [-0.1, -0.05) is 35.3 Å². The number of anilines is 2. The van der Waals surface area contributed by atoms with Crippen molar-refractivity contribution in [1.29, 1.82) is 0 Å². The number of carbonyl (C=O) groups is 1. The first-order valence-corrected chi connectivity index (χ1v) is 9.26. The van der Waals surface area contributed by atoms with Crippen molar-refractivity contribution in [3.8, 4) is 11.3 Å². The van der Waals surface area contributed by atoms with E-state index in [2.05, 4.69) is 15.6 Å². The molecule has 0 spiro atoms. The lowest BCUT2D eigenvalue weighted by Crippen LogP contribution is -2.11. The maximum Gasteiger partial charge on any atom is 0.255 e. The zero-order chi connectivity index (χ0) is 17.8. The molecule has 128 valence electrons. The minimum atomic E-state index is -0.241. The zero-order valence-electron chi connectivity index (χ0n) is 13.3. The Hall–Kier alpha value is -2.08. The van der Waals surface area contributed by atoms with Gasteiger partial charge in [-0.15, -0.1) is 11.3 Å². The molecule has 7 heteroatoms. The molecule has 2 aromatic carbocycles. The maximum atomic E-state index is 12.3. The van der Waals surface area contributed by atoms with Gasteiger partial charge in [-0.2, -0.15) is 0 Å². The SMILES string of the molecule is CCNc1nc(-c2ccc(NC(=O)c3ccc(Cl)c(Cl)c3)cc2)cs1. The number of thiazole rings is 1. The van der Waals surface area contributed by atoms with Gasteiger partial charge in [0.25, 0.3) is 5.91 Å². The summed E-state index contributed by atoms with van der Waals surface area (Å²) in [5.74, 6) is -0.241. The van der Waals surface area contributed by atoms with Crippen LogP contribution in [0.5, 0.6) is 0 Å². The summed E-state index contributed by atoms with van der Waals surface area (Å²) in [5.41, 5.74) is 3.05. The van der Waals surface area contributed by atoms with Crippen LogP contribution in [0.3, 0.4) is 0 Å². The number of amides is 1. The molecule has 1 amide bonds. The Morgan fingerprint density at radius 2 is 1.88 bits per heavy atom. The number of benzene rings is 2. The van der Waals surface area contributed by atoms with Gasteiger partial charge in [0.1, 0.15) is 0 Å². The van der Waals surface area contributed by atoms with Gasteiger partial charge in [0.15, 0.2) is 5.13 Å². The highest BCUT2D eigenvalue weighted by atomic mass is 35.5. The van der Waals surface area contributed by atoms with Crippen molar-refractivity contribution in [2.45, 2.75) is 6.92 Å². The van der Waals surface area contributed by atoms with E-state index in [1.165, 1.54) is 0 Å². The van der Waals surface area contributed by atoms with E-state index in [4.69, 9.17) is 23.2 Å². The summed E-state index contributed by atoms with van der Waals surface area (Å²) >= 11 is 13.4. The van der Waals surface area contributed by atoms with Crippen molar-refractivity contribution in [2.75, 3.05) is 17.2 Å². The van der Waals surface area contributed by atoms with Crippen molar-refractivity contribution >= 4 is 51.3 Å². The summed E-state index contributed by atoms with van der Waals surface area (Å²) in [5, 5.41) is 9.70. The lowest BCUT2D eigenvalue weighted by Gasteiger charge is -2.07. The highest BCUT2D eigenvalue weighted by molar-refractivity contribution is 7.14. The predicted octanol–water partition coefficient (Wildman–Crippen LogP) is 5.80. The third-order valence-corrected chi connectivity index (χ3v) is 4.99. The van der Waals surface area contributed by atoms with Crippen molar-refractivity contribution in [3.63, 3.8) is 0 Å².